The molecule has 0 spiro atoms. The molecule has 0 radical (unpaired) electrons. The Kier molecular flexibility index (Phi) is 9.20. The lowest BCUT2D eigenvalue weighted by Crippen LogP contribution is -2.35. The highest BCUT2D eigenvalue weighted by molar-refractivity contribution is 5.92. The largest absolute Gasteiger partial charge is 0.511 e. The first-order chi connectivity index (χ1) is 20.9. The number of anilines is 1. The van der Waals surface area contributed by atoms with Gasteiger partial charge in [-0.25, -0.2) is 4.79 Å². The van der Waals surface area contributed by atoms with Gasteiger partial charge in [0.2, 0.25) is 0 Å². The standard InChI is InChI=1S/C36H36N2O5/c1-3-31(27-17-11-20-30(21-27)38(41)42)34-35(39)33(32(4-2)43-36(34)40)28-18-12-19-29(22-28)37(23-25-13-7-5-8-14-25)24-26-15-9-6-10-16-26/h5-22,31-33,39H,3-4,23-24H2,1-2H3. The quantitative estimate of drug-likeness (QED) is 0.110. The molecule has 3 atom stereocenters. The fourth-order valence-corrected chi connectivity index (χ4v) is 5.95. The Morgan fingerprint density at radius 2 is 1.49 bits per heavy atom. The van der Waals surface area contributed by atoms with Gasteiger partial charge in [0.25, 0.3) is 5.69 Å². The third kappa shape index (κ3) is 6.61. The highest BCUT2D eigenvalue weighted by Crippen LogP contribution is 2.43. The minimum Gasteiger partial charge on any atom is -0.511 e. The van der Waals surface area contributed by atoms with E-state index < -0.39 is 28.8 Å². The molecular formula is C36H36N2O5. The molecule has 0 saturated heterocycles. The summed E-state index contributed by atoms with van der Waals surface area (Å²) in [5.74, 6) is -1.73. The number of aliphatic hydroxyl groups is 1. The van der Waals surface area contributed by atoms with E-state index in [2.05, 4.69) is 41.3 Å². The number of carbonyl (C=O) groups excluding carboxylic acids is 1. The molecule has 5 rings (SSSR count). The van der Waals surface area contributed by atoms with Crippen molar-refractivity contribution in [3.05, 3.63) is 153 Å². The number of hydrogen-bond donors (Lipinski definition) is 1. The van der Waals surface area contributed by atoms with E-state index in [9.17, 15) is 20.0 Å². The van der Waals surface area contributed by atoms with Gasteiger partial charge in [-0.1, -0.05) is 98.8 Å². The van der Waals surface area contributed by atoms with Crippen molar-refractivity contribution in [3.8, 4) is 0 Å². The van der Waals surface area contributed by atoms with E-state index in [1.165, 1.54) is 23.3 Å². The Morgan fingerprint density at radius 1 is 0.860 bits per heavy atom. The number of benzene rings is 4. The molecular weight excluding hydrogens is 540 g/mol. The van der Waals surface area contributed by atoms with E-state index in [0.29, 0.717) is 31.5 Å². The SMILES string of the molecule is CCC(C1=C(O)C(c2cccc(N(Cc3ccccc3)Cc3ccccc3)c2)C(CC)OC1=O)c1cccc([N+](=O)[O-])c1. The van der Waals surface area contributed by atoms with Gasteiger partial charge in [0.1, 0.15) is 11.9 Å². The maximum Gasteiger partial charge on any atom is 0.338 e. The number of carbonyl (C=O) groups is 1. The minimum absolute atomic E-state index is 0.0312. The second-order valence-electron chi connectivity index (χ2n) is 10.9. The van der Waals surface area contributed by atoms with Crippen molar-refractivity contribution >= 4 is 17.3 Å². The van der Waals surface area contributed by atoms with Crippen LogP contribution in [0.25, 0.3) is 0 Å². The molecule has 4 aromatic carbocycles. The molecule has 7 nitrogen and oxygen atoms in total. The molecule has 0 amide bonds. The maximum absolute atomic E-state index is 13.3. The van der Waals surface area contributed by atoms with Crippen LogP contribution in [-0.4, -0.2) is 22.1 Å². The second kappa shape index (κ2) is 13.4. The first kappa shape index (κ1) is 29.6. The molecule has 43 heavy (non-hydrogen) atoms. The normalized spacial score (nSPS) is 17.3. The van der Waals surface area contributed by atoms with Gasteiger partial charge in [-0.3, -0.25) is 10.1 Å². The van der Waals surface area contributed by atoms with Gasteiger partial charge < -0.3 is 14.7 Å². The molecule has 1 heterocycles. The summed E-state index contributed by atoms with van der Waals surface area (Å²) in [5.41, 5.74) is 4.86. The van der Waals surface area contributed by atoms with E-state index in [0.717, 1.165) is 11.3 Å². The van der Waals surface area contributed by atoms with Crippen molar-refractivity contribution in [1.82, 2.24) is 0 Å². The predicted octanol–water partition coefficient (Wildman–Crippen LogP) is 8.23. The first-order valence-electron chi connectivity index (χ1n) is 14.7. The summed E-state index contributed by atoms with van der Waals surface area (Å²) in [6.07, 6.45) is 0.426. The fraction of sp³-hybridized carbons (Fsp3) is 0.250. The van der Waals surface area contributed by atoms with Crippen LogP contribution in [0.2, 0.25) is 0 Å². The van der Waals surface area contributed by atoms with Gasteiger partial charge in [-0.2, -0.15) is 0 Å². The van der Waals surface area contributed by atoms with E-state index in [4.69, 9.17) is 4.74 Å². The average Bonchev–Trinajstić information content (AvgIpc) is 3.03. The van der Waals surface area contributed by atoms with Crippen molar-refractivity contribution < 1.29 is 19.6 Å². The number of ether oxygens (including phenoxy) is 1. The van der Waals surface area contributed by atoms with Crippen LogP contribution < -0.4 is 4.90 Å². The number of nitro groups is 1. The van der Waals surface area contributed by atoms with Crippen molar-refractivity contribution in [2.75, 3.05) is 4.90 Å². The summed E-state index contributed by atoms with van der Waals surface area (Å²) in [5, 5.41) is 23.3. The summed E-state index contributed by atoms with van der Waals surface area (Å²) in [4.78, 5) is 26.6. The molecule has 0 fully saturated rings. The third-order valence-corrected chi connectivity index (χ3v) is 8.09. The minimum atomic E-state index is -0.579. The maximum atomic E-state index is 13.3. The fourth-order valence-electron chi connectivity index (χ4n) is 5.95. The molecule has 1 aliphatic rings. The Balaban J connectivity index is 1.56. The summed E-state index contributed by atoms with van der Waals surface area (Å²) < 4.78 is 5.95. The molecule has 3 unspecified atom stereocenters. The van der Waals surface area contributed by atoms with Crippen LogP contribution >= 0.6 is 0 Å². The van der Waals surface area contributed by atoms with Gasteiger partial charge in [-0.15, -0.1) is 0 Å². The number of non-ortho nitro benzene ring substituents is 1. The van der Waals surface area contributed by atoms with Gasteiger partial charge in [0.05, 0.1) is 16.4 Å². The Hall–Kier alpha value is -4.91. The van der Waals surface area contributed by atoms with Crippen molar-refractivity contribution in [1.29, 1.82) is 0 Å². The number of nitro benzene ring substituents is 1. The molecule has 0 saturated carbocycles. The van der Waals surface area contributed by atoms with Gasteiger partial charge in [0.15, 0.2) is 0 Å². The lowest BCUT2D eigenvalue weighted by atomic mass is 9.79. The zero-order chi connectivity index (χ0) is 30.3. The van der Waals surface area contributed by atoms with Crippen molar-refractivity contribution in [2.24, 2.45) is 0 Å². The molecule has 1 aliphatic heterocycles. The highest BCUT2D eigenvalue weighted by Gasteiger charge is 2.41. The summed E-state index contributed by atoms with van der Waals surface area (Å²) in [6, 6.07) is 34.9. The molecule has 0 aliphatic carbocycles. The number of cyclic esters (lactones) is 1. The zero-order valence-electron chi connectivity index (χ0n) is 24.4. The number of hydrogen-bond acceptors (Lipinski definition) is 6. The van der Waals surface area contributed by atoms with Crippen molar-refractivity contribution in [2.45, 2.75) is 57.7 Å². The second-order valence-corrected chi connectivity index (χ2v) is 10.9. The van der Waals surface area contributed by atoms with Crippen LogP contribution in [0.5, 0.6) is 0 Å². The average molecular weight is 577 g/mol. The number of rotatable bonds is 11. The molecule has 1 N–H and O–H groups in total. The van der Waals surface area contributed by atoms with E-state index in [-0.39, 0.29) is 17.0 Å². The van der Waals surface area contributed by atoms with E-state index >= 15 is 0 Å². The molecule has 220 valence electrons. The zero-order valence-corrected chi connectivity index (χ0v) is 24.4. The smallest absolute Gasteiger partial charge is 0.338 e. The summed E-state index contributed by atoms with van der Waals surface area (Å²) >= 11 is 0. The monoisotopic (exact) mass is 576 g/mol. The van der Waals surface area contributed by atoms with Crippen LogP contribution in [0.3, 0.4) is 0 Å². The van der Waals surface area contributed by atoms with Gasteiger partial charge in [0, 0.05) is 36.8 Å². The summed E-state index contributed by atoms with van der Waals surface area (Å²) in [7, 11) is 0. The lowest BCUT2D eigenvalue weighted by molar-refractivity contribution is -0.384. The van der Waals surface area contributed by atoms with E-state index in [1.54, 1.807) is 12.1 Å². The molecule has 7 heteroatoms. The topological polar surface area (TPSA) is 92.9 Å². The Labute approximate surface area is 252 Å². The van der Waals surface area contributed by atoms with Gasteiger partial charge in [-0.05, 0) is 47.2 Å². The first-order valence-corrected chi connectivity index (χ1v) is 14.7. The highest BCUT2D eigenvalue weighted by atomic mass is 16.6. The molecule has 0 bridgehead atoms. The van der Waals surface area contributed by atoms with Crippen LogP contribution in [0, 0.1) is 10.1 Å². The lowest BCUT2D eigenvalue weighted by Gasteiger charge is -2.35. The van der Waals surface area contributed by atoms with Crippen LogP contribution in [0.1, 0.15) is 60.8 Å². The third-order valence-electron chi connectivity index (χ3n) is 8.09. The Bertz CT molecular complexity index is 1560. The molecule has 4 aromatic rings. The number of nitrogens with zero attached hydrogens (tertiary/aromatic N) is 2. The van der Waals surface area contributed by atoms with Crippen LogP contribution in [0.4, 0.5) is 11.4 Å². The van der Waals surface area contributed by atoms with Crippen molar-refractivity contribution in [3.63, 3.8) is 0 Å². The van der Waals surface area contributed by atoms with Crippen LogP contribution in [0.15, 0.2) is 121 Å². The molecule has 0 aromatic heterocycles. The summed E-state index contributed by atoms with van der Waals surface area (Å²) in [6.45, 7) is 5.20. The number of aliphatic hydroxyl groups excluding tert-OH is 1. The number of esters is 1. The van der Waals surface area contributed by atoms with E-state index in [1.807, 2.05) is 62.4 Å². The van der Waals surface area contributed by atoms with Crippen LogP contribution in [-0.2, 0) is 22.6 Å². The van der Waals surface area contributed by atoms with Gasteiger partial charge >= 0.3 is 5.97 Å². The predicted molar refractivity (Wildman–Crippen MR) is 168 cm³/mol. The Morgan fingerprint density at radius 3 is 2.07 bits per heavy atom.